The molecule has 0 unspecified atom stereocenters. The van der Waals surface area contributed by atoms with E-state index in [0.717, 1.165) is 9.37 Å². The Balaban J connectivity index is 1.46. The predicted molar refractivity (Wildman–Crippen MR) is 104 cm³/mol. The number of nitrogens with one attached hydrogen (secondary N) is 1. The van der Waals surface area contributed by atoms with Crippen LogP contribution in [0.25, 0.3) is 0 Å². The molecule has 1 spiro atoms. The van der Waals surface area contributed by atoms with Crippen molar-refractivity contribution >= 4 is 27.9 Å². The molecule has 1 fully saturated rings. The molecule has 2 aromatic carbocycles. The van der Waals surface area contributed by atoms with Crippen LogP contribution < -0.4 is 14.8 Å². The molecule has 2 aromatic rings. The highest BCUT2D eigenvalue weighted by Crippen LogP contribution is 2.40. The Bertz CT molecular complexity index is 921. The first-order valence-corrected chi connectivity index (χ1v) is 9.72. The number of ether oxygens (including phenoxy) is 2. The Morgan fingerprint density at radius 1 is 1.25 bits per heavy atom. The first kappa shape index (κ1) is 18.8. The highest BCUT2D eigenvalue weighted by molar-refractivity contribution is 9.10. The van der Waals surface area contributed by atoms with Crippen LogP contribution in [-0.2, 0) is 10.3 Å². The van der Waals surface area contributed by atoms with Gasteiger partial charge in [0, 0.05) is 16.5 Å². The minimum atomic E-state index is -1.14. The van der Waals surface area contributed by atoms with E-state index in [-0.39, 0.29) is 19.1 Å². The van der Waals surface area contributed by atoms with Crippen molar-refractivity contribution in [3.05, 3.63) is 58.6 Å². The topological polar surface area (TPSA) is 88.1 Å². The first-order chi connectivity index (χ1) is 13.5. The molecule has 4 rings (SSSR count). The van der Waals surface area contributed by atoms with E-state index in [2.05, 4.69) is 21.2 Å². The molecular weight excluding hydrogens is 428 g/mol. The lowest BCUT2D eigenvalue weighted by Crippen LogP contribution is -2.48. The van der Waals surface area contributed by atoms with E-state index >= 15 is 0 Å². The van der Waals surface area contributed by atoms with Crippen LogP contribution in [0, 0.1) is 0 Å². The van der Waals surface area contributed by atoms with Gasteiger partial charge < -0.3 is 19.9 Å². The van der Waals surface area contributed by atoms with E-state index in [4.69, 9.17) is 9.47 Å². The van der Waals surface area contributed by atoms with Crippen LogP contribution in [0.3, 0.4) is 0 Å². The van der Waals surface area contributed by atoms with Gasteiger partial charge in [-0.1, -0.05) is 40.2 Å². The van der Waals surface area contributed by atoms with E-state index in [1.807, 2.05) is 18.2 Å². The molecule has 146 valence electrons. The fourth-order valence-corrected chi connectivity index (χ4v) is 3.93. The summed E-state index contributed by atoms with van der Waals surface area (Å²) in [6.45, 7) is 0.134. The zero-order chi connectivity index (χ0) is 19.7. The minimum absolute atomic E-state index is 0.0415. The Morgan fingerprint density at radius 3 is 2.89 bits per heavy atom. The predicted octanol–water partition coefficient (Wildman–Crippen LogP) is 2.42. The molecule has 28 heavy (non-hydrogen) atoms. The number of benzene rings is 2. The molecule has 7 nitrogen and oxygen atoms in total. The quantitative estimate of drug-likeness (QED) is 0.688. The van der Waals surface area contributed by atoms with E-state index in [0.29, 0.717) is 30.1 Å². The third kappa shape index (κ3) is 3.33. The SMILES string of the molecule is O=C1N[C@]2(CCOc3ccccc32)C(=O)N1C[C@H](O)COc1cccc(Br)c1. The highest BCUT2D eigenvalue weighted by atomic mass is 79.9. The molecular formula is C20H19BrN2O5. The summed E-state index contributed by atoms with van der Waals surface area (Å²) < 4.78 is 12.0. The summed E-state index contributed by atoms with van der Waals surface area (Å²) in [4.78, 5) is 26.7. The Labute approximate surface area is 170 Å². The number of carbonyl (C=O) groups is 2. The zero-order valence-corrected chi connectivity index (χ0v) is 16.5. The summed E-state index contributed by atoms with van der Waals surface area (Å²) in [6.07, 6.45) is -0.672. The monoisotopic (exact) mass is 446 g/mol. The van der Waals surface area contributed by atoms with Crippen LogP contribution in [0.4, 0.5) is 4.79 Å². The number of hydrogen-bond donors (Lipinski definition) is 2. The number of β-amino-alcohol motifs (C(OH)–C–C–N with tert-alkyl or cyclic N) is 1. The van der Waals surface area contributed by atoms with Gasteiger partial charge in [-0.05, 0) is 24.3 Å². The van der Waals surface area contributed by atoms with Crippen molar-refractivity contribution in [2.45, 2.75) is 18.1 Å². The number of urea groups is 1. The number of para-hydroxylation sites is 1. The summed E-state index contributed by atoms with van der Waals surface area (Å²) in [5, 5.41) is 13.1. The third-order valence-electron chi connectivity index (χ3n) is 4.89. The van der Waals surface area contributed by atoms with Crippen molar-refractivity contribution in [3.63, 3.8) is 0 Å². The second-order valence-corrected chi connectivity index (χ2v) is 7.68. The molecule has 0 radical (unpaired) electrons. The molecule has 2 aliphatic heterocycles. The van der Waals surface area contributed by atoms with Crippen molar-refractivity contribution in [2.75, 3.05) is 19.8 Å². The third-order valence-corrected chi connectivity index (χ3v) is 5.38. The first-order valence-electron chi connectivity index (χ1n) is 8.92. The van der Waals surface area contributed by atoms with Gasteiger partial charge >= 0.3 is 6.03 Å². The lowest BCUT2D eigenvalue weighted by molar-refractivity contribution is -0.133. The number of amides is 3. The van der Waals surface area contributed by atoms with Crippen LogP contribution in [0.1, 0.15) is 12.0 Å². The van der Waals surface area contributed by atoms with Gasteiger partial charge in [-0.2, -0.15) is 0 Å². The summed E-state index contributed by atoms with van der Waals surface area (Å²) in [5.74, 6) is 0.790. The molecule has 1 saturated heterocycles. The number of aliphatic hydroxyl groups is 1. The van der Waals surface area contributed by atoms with Crippen molar-refractivity contribution in [2.24, 2.45) is 0 Å². The van der Waals surface area contributed by atoms with Crippen LogP contribution in [-0.4, -0.2) is 47.8 Å². The van der Waals surface area contributed by atoms with E-state index < -0.39 is 17.7 Å². The maximum absolute atomic E-state index is 13.1. The lowest BCUT2D eigenvalue weighted by Gasteiger charge is -2.33. The average Bonchev–Trinajstić information content (AvgIpc) is 2.92. The minimum Gasteiger partial charge on any atom is -0.493 e. The van der Waals surface area contributed by atoms with Gasteiger partial charge in [0.1, 0.15) is 24.2 Å². The molecule has 0 bridgehead atoms. The van der Waals surface area contributed by atoms with Gasteiger partial charge in [0.25, 0.3) is 5.91 Å². The van der Waals surface area contributed by atoms with Gasteiger partial charge in [0.05, 0.1) is 13.2 Å². The normalized spacial score (nSPS) is 21.9. The lowest BCUT2D eigenvalue weighted by atomic mass is 9.84. The molecule has 8 heteroatoms. The molecule has 2 heterocycles. The fraction of sp³-hybridized carbons (Fsp3) is 0.300. The summed E-state index contributed by atoms with van der Waals surface area (Å²) in [5.41, 5.74) is -0.501. The van der Waals surface area contributed by atoms with Crippen LogP contribution in [0.5, 0.6) is 11.5 Å². The van der Waals surface area contributed by atoms with Gasteiger partial charge in [-0.3, -0.25) is 9.69 Å². The standard InChI is InChI=1S/C20H19BrN2O5/c21-13-4-3-5-15(10-13)28-12-14(24)11-23-18(25)20(22-19(23)26)8-9-27-17-7-2-1-6-16(17)20/h1-7,10,14,24H,8-9,11-12H2,(H,22,26)/t14-,20-/m0/s1. The highest BCUT2D eigenvalue weighted by Gasteiger charge is 2.55. The number of carbonyl (C=O) groups excluding carboxylic acids is 2. The number of rotatable bonds is 5. The fourth-order valence-electron chi connectivity index (χ4n) is 3.55. The summed E-state index contributed by atoms with van der Waals surface area (Å²) >= 11 is 3.35. The van der Waals surface area contributed by atoms with E-state index in [1.54, 1.807) is 30.3 Å². The van der Waals surface area contributed by atoms with Crippen molar-refractivity contribution < 1.29 is 24.2 Å². The average molecular weight is 447 g/mol. The molecule has 0 aromatic heterocycles. The largest absolute Gasteiger partial charge is 0.493 e. The Kier molecular flexibility index (Phi) is 4.99. The van der Waals surface area contributed by atoms with Crippen molar-refractivity contribution in [1.82, 2.24) is 10.2 Å². The van der Waals surface area contributed by atoms with Crippen LogP contribution in [0.15, 0.2) is 53.0 Å². The molecule has 3 amide bonds. The van der Waals surface area contributed by atoms with Crippen molar-refractivity contribution in [3.8, 4) is 11.5 Å². The van der Waals surface area contributed by atoms with E-state index in [1.165, 1.54) is 0 Å². The summed E-state index contributed by atoms with van der Waals surface area (Å²) in [7, 11) is 0. The van der Waals surface area contributed by atoms with Crippen LogP contribution in [0.2, 0.25) is 0 Å². The summed E-state index contributed by atoms with van der Waals surface area (Å²) in [6, 6.07) is 13.9. The molecule has 0 saturated carbocycles. The number of aliphatic hydroxyl groups excluding tert-OH is 1. The molecule has 2 atom stereocenters. The number of imide groups is 1. The van der Waals surface area contributed by atoms with Gasteiger partial charge in [-0.15, -0.1) is 0 Å². The number of hydrogen-bond acceptors (Lipinski definition) is 5. The molecule has 0 aliphatic carbocycles. The molecule has 2 aliphatic rings. The zero-order valence-electron chi connectivity index (χ0n) is 14.9. The maximum Gasteiger partial charge on any atom is 0.325 e. The second-order valence-electron chi connectivity index (χ2n) is 6.77. The molecule has 2 N–H and O–H groups in total. The van der Waals surface area contributed by atoms with Gasteiger partial charge in [0.2, 0.25) is 0 Å². The Hall–Kier alpha value is -2.58. The number of halogens is 1. The maximum atomic E-state index is 13.1. The second kappa shape index (κ2) is 7.44. The number of nitrogens with zero attached hydrogens (tertiary/aromatic N) is 1. The smallest absolute Gasteiger partial charge is 0.325 e. The van der Waals surface area contributed by atoms with Crippen molar-refractivity contribution in [1.29, 1.82) is 0 Å². The number of fused-ring (bicyclic) bond motifs is 2. The van der Waals surface area contributed by atoms with Gasteiger partial charge in [-0.25, -0.2) is 4.79 Å². The van der Waals surface area contributed by atoms with E-state index in [9.17, 15) is 14.7 Å². The van der Waals surface area contributed by atoms with Crippen LogP contribution >= 0.6 is 15.9 Å². The van der Waals surface area contributed by atoms with Gasteiger partial charge in [0.15, 0.2) is 5.54 Å². The Morgan fingerprint density at radius 2 is 2.07 bits per heavy atom.